The fourth-order valence-corrected chi connectivity index (χ4v) is 3.81. The molecule has 0 radical (unpaired) electrons. The van der Waals surface area contributed by atoms with E-state index < -0.39 is 28.9 Å². The van der Waals surface area contributed by atoms with E-state index in [1.165, 1.54) is 0 Å². The first-order chi connectivity index (χ1) is 15.1. The molecule has 0 bridgehead atoms. The van der Waals surface area contributed by atoms with E-state index in [0.717, 1.165) is 0 Å². The van der Waals surface area contributed by atoms with Gasteiger partial charge in [0, 0.05) is 12.6 Å². The number of carbonyl (C=O) groups is 3. The lowest BCUT2D eigenvalue weighted by Gasteiger charge is -2.40. The van der Waals surface area contributed by atoms with Crippen molar-refractivity contribution in [1.82, 2.24) is 15.5 Å². The Labute approximate surface area is 200 Å². The van der Waals surface area contributed by atoms with Crippen LogP contribution in [0.1, 0.15) is 68.7 Å². The van der Waals surface area contributed by atoms with Crippen LogP contribution in [-0.2, 0) is 19.1 Å². The van der Waals surface area contributed by atoms with Crippen LogP contribution in [-0.4, -0.2) is 72.7 Å². The molecule has 192 valence electrons. The molecule has 2 amide bonds. The Morgan fingerprint density at radius 1 is 1.12 bits per heavy atom. The first-order valence-corrected chi connectivity index (χ1v) is 11.8. The third-order valence-electron chi connectivity index (χ3n) is 5.82. The highest BCUT2D eigenvalue weighted by atomic mass is 16.5. The number of hydrogen-bond donors (Lipinski definition) is 3. The number of nitrogens with zero attached hydrogens (tertiary/aromatic N) is 1. The fraction of sp³-hybridized carbons (Fsp3) is 0.800. The van der Waals surface area contributed by atoms with Crippen molar-refractivity contribution in [1.29, 1.82) is 0 Å². The van der Waals surface area contributed by atoms with Crippen LogP contribution in [0.15, 0.2) is 11.6 Å². The molecule has 0 aromatic carbocycles. The molecule has 0 aliphatic heterocycles. The number of aliphatic hydroxyl groups is 1. The second-order valence-corrected chi connectivity index (χ2v) is 10.6. The second kappa shape index (κ2) is 13.1. The minimum atomic E-state index is -1.19. The molecule has 3 atom stereocenters. The van der Waals surface area contributed by atoms with E-state index in [9.17, 15) is 19.5 Å². The molecule has 0 saturated heterocycles. The lowest BCUT2D eigenvalue weighted by Crippen LogP contribution is -2.64. The van der Waals surface area contributed by atoms with E-state index in [-0.39, 0.29) is 37.0 Å². The molecular weight excluding hydrogens is 422 g/mol. The summed E-state index contributed by atoms with van der Waals surface area (Å²) in [6.07, 6.45) is 2.16. The minimum Gasteiger partial charge on any atom is -0.463 e. The van der Waals surface area contributed by atoms with Gasteiger partial charge in [-0.2, -0.15) is 0 Å². The molecule has 33 heavy (non-hydrogen) atoms. The SMILES string of the molecule is CCOC(=O)/C(C)=C/[C@H](C(C)C)N(C)C(=O)C(NC(=O)C(CO)(CC(C)C)NC)C(C)(C)C. The van der Waals surface area contributed by atoms with Crippen molar-refractivity contribution in [3.8, 4) is 0 Å². The van der Waals surface area contributed by atoms with Crippen LogP contribution < -0.4 is 10.6 Å². The highest BCUT2D eigenvalue weighted by Crippen LogP contribution is 2.25. The number of likely N-dealkylation sites (N-methyl/N-ethyl adjacent to an activating group) is 2. The summed E-state index contributed by atoms with van der Waals surface area (Å²) < 4.78 is 5.07. The Hall–Kier alpha value is -1.93. The number of esters is 1. The van der Waals surface area contributed by atoms with Crippen molar-refractivity contribution in [3.63, 3.8) is 0 Å². The van der Waals surface area contributed by atoms with Gasteiger partial charge in [0.05, 0.1) is 19.3 Å². The molecule has 8 heteroatoms. The summed E-state index contributed by atoms with van der Waals surface area (Å²) in [7, 11) is 3.31. The summed E-state index contributed by atoms with van der Waals surface area (Å²) in [4.78, 5) is 40.7. The van der Waals surface area contributed by atoms with Gasteiger partial charge < -0.3 is 25.4 Å². The number of rotatable bonds is 12. The van der Waals surface area contributed by atoms with Crippen LogP contribution in [0.5, 0.6) is 0 Å². The number of ether oxygens (including phenoxy) is 1. The Balaban J connectivity index is 6.06. The van der Waals surface area contributed by atoms with Crippen molar-refractivity contribution in [2.75, 3.05) is 27.3 Å². The topological polar surface area (TPSA) is 108 Å². The zero-order valence-electron chi connectivity index (χ0n) is 22.5. The summed E-state index contributed by atoms with van der Waals surface area (Å²) in [6, 6.07) is -1.20. The molecule has 0 aromatic heterocycles. The normalized spacial score (nSPS) is 16.2. The standard InChI is InChI=1S/C25H47N3O5/c1-12-33-22(31)18(6)13-19(17(4)5)28(11)21(30)20(24(7,8)9)27-23(32)25(15-29,26-10)14-16(2)3/h13,16-17,19-20,26,29H,12,14-15H2,1-11H3,(H,27,32)/b18-13+/t19-,20?,25?/m1/s1. The highest BCUT2D eigenvalue weighted by Gasteiger charge is 2.43. The van der Waals surface area contributed by atoms with Gasteiger partial charge in [-0.15, -0.1) is 0 Å². The molecule has 0 rings (SSSR count). The van der Waals surface area contributed by atoms with E-state index >= 15 is 0 Å². The molecule has 0 aromatic rings. The van der Waals surface area contributed by atoms with Gasteiger partial charge in [0.25, 0.3) is 0 Å². The first kappa shape index (κ1) is 31.1. The lowest BCUT2D eigenvalue weighted by molar-refractivity contribution is -0.142. The van der Waals surface area contributed by atoms with Gasteiger partial charge in [-0.25, -0.2) is 4.79 Å². The molecule has 8 nitrogen and oxygen atoms in total. The molecule has 0 aliphatic carbocycles. The smallest absolute Gasteiger partial charge is 0.333 e. The number of aliphatic hydroxyl groups excluding tert-OH is 1. The van der Waals surface area contributed by atoms with Crippen LogP contribution in [0.2, 0.25) is 0 Å². The predicted octanol–water partition coefficient (Wildman–Crippen LogP) is 2.51. The Bertz CT molecular complexity index is 691. The summed E-state index contributed by atoms with van der Waals surface area (Å²) in [6.45, 7) is 16.8. The zero-order valence-corrected chi connectivity index (χ0v) is 22.5. The molecule has 3 N–H and O–H groups in total. The van der Waals surface area contributed by atoms with Crippen LogP contribution in [0, 0.1) is 17.3 Å². The number of amides is 2. The molecule has 2 unspecified atom stereocenters. The van der Waals surface area contributed by atoms with Crippen molar-refractivity contribution < 1.29 is 24.2 Å². The van der Waals surface area contributed by atoms with Crippen molar-refractivity contribution in [2.24, 2.45) is 17.3 Å². The monoisotopic (exact) mass is 469 g/mol. The summed E-state index contributed by atoms with van der Waals surface area (Å²) in [5.74, 6) is -0.921. The molecule has 0 heterocycles. The van der Waals surface area contributed by atoms with Crippen molar-refractivity contribution in [3.05, 3.63) is 11.6 Å². The second-order valence-electron chi connectivity index (χ2n) is 10.6. The fourth-order valence-electron chi connectivity index (χ4n) is 3.81. The summed E-state index contributed by atoms with van der Waals surface area (Å²) >= 11 is 0. The quantitative estimate of drug-likeness (QED) is 0.299. The van der Waals surface area contributed by atoms with Crippen molar-refractivity contribution >= 4 is 17.8 Å². The van der Waals surface area contributed by atoms with E-state index in [2.05, 4.69) is 10.6 Å². The highest BCUT2D eigenvalue weighted by molar-refractivity contribution is 5.93. The van der Waals surface area contributed by atoms with Gasteiger partial charge in [-0.3, -0.25) is 9.59 Å². The lowest BCUT2D eigenvalue weighted by atomic mass is 9.83. The van der Waals surface area contributed by atoms with E-state index in [4.69, 9.17) is 4.74 Å². The zero-order chi connectivity index (χ0) is 26.1. The Morgan fingerprint density at radius 2 is 1.67 bits per heavy atom. The minimum absolute atomic E-state index is 0.0226. The maximum Gasteiger partial charge on any atom is 0.333 e. The molecule has 0 spiro atoms. The Kier molecular flexibility index (Phi) is 12.3. The van der Waals surface area contributed by atoms with Gasteiger partial charge in [-0.05, 0) is 44.6 Å². The molecule has 0 saturated carbocycles. The largest absolute Gasteiger partial charge is 0.463 e. The molecular formula is C25H47N3O5. The molecule has 0 fully saturated rings. The van der Waals surface area contributed by atoms with Crippen molar-refractivity contribution in [2.45, 2.75) is 86.4 Å². The maximum atomic E-state index is 13.7. The van der Waals surface area contributed by atoms with E-state index in [0.29, 0.717) is 12.0 Å². The summed E-state index contributed by atoms with van der Waals surface area (Å²) in [5.41, 5.74) is -1.35. The Morgan fingerprint density at radius 3 is 2.03 bits per heavy atom. The van der Waals surface area contributed by atoms with Gasteiger partial charge in [0.15, 0.2) is 0 Å². The number of carbonyl (C=O) groups excluding carboxylic acids is 3. The predicted molar refractivity (Wildman–Crippen MR) is 132 cm³/mol. The van der Waals surface area contributed by atoms with Crippen LogP contribution in [0.4, 0.5) is 0 Å². The third kappa shape index (κ3) is 8.74. The number of hydrogen-bond acceptors (Lipinski definition) is 6. The molecule has 0 aliphatic rings. The van der Waals surface area contributed by atoms with E-state index in [1.54, 1.807) is 38.9 Å². The van der Waals surface area contributed by atoms with E-state index in [1.807, 2.05) is 48.5 Å². The van der Waals surface area contributed by atoms with Crippen LogP contribution >= 0.6 is 0 Å². The third-order valence-corrected chi connectivity index (χ3v) is 5.82. The summed E-state index contributed by atoms with van der Waals surface area (Å²) in [5, 5.41) is 15.9. The first-order valence-electron chi connectivity index (χ1n) is 11.8. The average Bonchev–Trinajstić information content (AvgIpc) is 2.71. The average molecular weight is 470 g/mol. The van der Waals surface area contributed by atoms with Gasteiger partial charge in [-0.1, -0.05) is 54.5 Å². The van der Waals surface area contributed by atoms with Gasteiger partial charge >= 0.3 is 5.97 Å². The van der Waals surface area contributed by atoms with Gasteiger partial charge in [0.2, 0.25) is 11.8 Å². The maximum absolute atomic E-state index is 13.7. The number of nitrogens with one attached hydrogen (secondary N) is 2. The van der Waals surface area contributed by atoms with Crippen LogP contribution in [0.25, 0.3) is 0 Å². The van der Waals surface area contributed by atoms with Gasteiger partial charge in [0.1, 0.15) is 11.6 Å². The van der Waals surface area contributed by atoms with Crippen LogP contribution in [0.3, 0.4) is 0 Å².